The van der Waals surface area contributed by atoms with Gasteiger partial charge in [0.15, 0.2) is 17.4 Å². The maximum atomic E-state index is 14.5. The Morgan fingerprint density at radius 3 is 2.40 bits per heavy atom. The van der Waals surface area contributed by atoms with Gasteiger partial charge in [-0.05, 0) is 84.7 Å². The SMILES string of the molecule is Cc1cccc(CN(C(=O)C2CN(C(=O)Oc3cccc(CO[N+](=O)[O-])c3)CC=C2c2ccc(CCCOc3c(F)ccc(F)c3F)cc2)C2CC2)c1. The smallest absolute Gasteiger partial charge is 0.415 e. The van der Waals surface area contributed by atoms with Gasteiger partial charge in [0.05, 0.1) is 12.5 Å². The molecule has 53 heavy (non-hydrogen) atoms. The quantitative estimate of drug-likeness (QED) is 0.0563. The Morgan fingerprint density at radius 1 is 0.925 bits per heavy atom. The third kappa shape index (κ3) is 9.53. The molecule has 1 aliphatic carbocycles. The largest absolute Gasteiger partial charge is 0.488 e. The number of amides is 2. The Hall–Kier alpha value is -5.85. The van der Waals surface area contributed by atoms with Crippen molar-refractivity contribution in [3.8, 4) is 11.5 Å². The van der Waals surface area contributed by atoms with E-state index in [2.05, 4.69) is 10.9 Å². The topological polar surface area (TPSA) is 111 Å². The fourth-order valence-corrected chi connectivity index (χ4v) is 6.35. The van der Waals surface area contributed by atoms with Crippen LogP contribution in [0.5, 0.6) is 11.5 Å². The van der Waals surface area contributed by atoms with E-state index in [0.29, 0.717) is 31.0 Å². The Labute approximate surface area is 304 Å². The number of ether oxygens (including phenoxy) is 2. The molecular formula is C40H38F3N3O7. The van der Waals surface area contributed by atoms with Crippen molar-refractivity contribution in [3.05, 3.63) is 146 Å². The highest BCUT2D eigenvalue weighted by atomic mass is 19.2. The van der Waals surface area contributed by atoms with E-state index >= 15 is 0 Å². The number of nitrogens with zero attached hydrogens (tertiary/aromatic N) is 3. The predicted molar refractivity (Wildman–Crippen MR) is 189 cm³/mol. The predicted octanol–water partition coefficient (Wildman–Crippen LogP) is 7.84. The molecule has 2 amide bonds. The number of halogens is 3. The minimum Gasteiger partial charge on any atom is -0.488 e. The molecule has 1 saturated carbocycles. The van der Waals surface area contributed by atoms with Crippen molar-refractivity contribution in [2.45, 2.75) is 51.8 Å². The van der Waals surface area contributed by atoms with E-state index < -0.39 is 40.3 Å². The van der Waals surface area contributed by atoms with Crippen LogP contribution in [0.1, 0.15) is 47.1 Å². The summed E-state index contributed by atoms with van der Waals surface area (Å²) in [6, 6.07) is 23.5. The zero-order valence-electron chi connectivity index (χ0n) is 29.0. The first kappa shape index (κ1) is 36.9. The van der Waals surface area contributed by atoms with Crippen molar-refractivity contribution in [2.75, 3.05) is 19.7 Å². The minimum atomic E-state index is -1.36. The van der Waals surface area contributed by atoms with Crippen LogP contribution in [0.15, 0.2) is 91.0 Å². The van der Waals surface area contributed by atoms with E-state index in [1.165, 1.54) is 11.0 Å². The lowest BCUT2D eigenvalue weighted by molar-refractivity contribution is -0.763. The fraction of sp³-hybridized carbons (Fsp3) is 0.300. The van der Waals surface area contributed by atoms with Gasteiger partial charge in [-0.25, -0.2) is 13.6 Å². The molecule has 4 aromatic carbocycles. The van der Waals surface area contributed by atoms with Crippen molar-refractivity contribution in [3.63, 3.8) is 0 Å². The van der Waals surface area contributed by atoms with Gasteiger partial charge in [-0.3, -0.25) is 4.79 Å². The van der Waals surface area contributed by atoms with E-state index in [4.69, 9.17) is 9.47 Å². The maximum absolute atomic E-state index is 14.5. The lowest BCUT2D eigenvalue weighted by Gasteiger charge is -2.35. The maximum Gasteiger partial charge on any atom is 0.415 e. The van der Waals surface area contributed by atoms with Crippen molar-refractivity contribution in [1.82, 2.24) is 9.80 Å². The number of carbonyl (C=O) groups excluding carboxylic acids is 2. The molecule has 0 bridgehead atoms. The van der Waals surface area contributed by atoms with E-state index in [9.17, 15) is 32.9 Å². The summed E-state index contributed by atoms with van der Waals surface area (Å²) >= 11 is 0. The second kappa shape index (κ2) is 16.7. The van der Waals surface area contributed by atoms with Crippen molar-refractivity contribution < 1.29 is 42.2 Å². The Bertz CT molecular complexity index is 2000. The molecule has 13 heteroatoms. The highest BCUT2D eigenvalue weighted by Crippen LogP contribution is 2.36. The summed E-state index contributed by atoms with van der Waals surface area (Å²) in [5.41, 5.74) is 5.06. The van der Waals surface area contributed by atoms with Crippen LogP contribution >= 0.6 is 0 Å². The third-order valence-corrected chi connectivity index (χ3v) is 9.16. The minimum absolute atomic E-state index is 0.0262. The van der Waals surface area contributed by atoms with Crippen molar-refractivity contribution >= 4 is 17.6 Å². The van der Waals surface area contributed by atoms with Gasteiger partial charge in [0.1, 0.15) is 12.4 Å². The van der Waals surface area contributed by atoms with Crippen LogP contribution in [0.4, 0.5) is 18.0 Å². The summed E-state index contributed by atoms with van der Waals surface area (Å²) in [5.74, 6) is -4.88. The first-order valence-corrected chi connectivity index (χ1v) is 17.3. The van der Waals surface area contributed by atoms with Crippen LogP contribution < -0.4 is 9.47 Å². The number of rotatable bonds is 14. The van der Waals surface area contributed by atoms with Crippen LogP contribution in [0.2, 0.25) is 0 Å². The average Bonchev–Trinajstić information content (AvgIpc) is 4.00. The summed E-state index contributed by atoms with van der Waals surface area (Å²) in [6.07, 6.45) is 3.90. The van der Waals surface area contributed by atoms with Crippen molar-refractivity contribution in [1.29, 1.82) is 0 Å². The molecule has 276 valence electrons. The van der Waals surface area contributed by atoms with Gasteiger partial charge >= 0.3 is 6.09 Å². The van der Waals surface area contributed by atoms with Gasteiger partial charge in [0.25, 0.3) is 5.09 Å². The molecule has 0 aromatic heterocycles. The molecule has 0 saturated heterocycles. The molecule has 10 nitrogen and oxygen atoms in total. The zero-order chi connectivity index (χ0) is 37.5. The zero-order valence-corrected chi connectivity index (χ0v) is 29.0. The lowest BCUT2D eigenvalue weighted by atomic mass is 9.87. The van der Waals surface area contributed by atoms with E-state index in [-0.39, 0.29) is 44.0 Å². The fourth-order valence-electron chi connectivity index (χ4n) is 6.35. The molecule has 1 atom stereocenters. The molecule has 4 aromatic rings. The van der Waals surface area contributed by atoms with Crippen LogP contribution in [0.25, 0.3) is 5.57 Å². The van der Waals surface area contributed by atoms with Gasteiger partial charge in [-0.2, -0.15) is 4.39 Å². The van der Waals surface area contributed by atoms with Gasteiger partial charge in [0.2, 0.25) is 11.7 Å². The van der Waals surface area contributed by atoms with Crippen LogP contribution in [-0.4, -0.2) is 52.6 Å². The Balaban J connectivity index is 1.18. The standard InChI is InChI=1S/C40H38F3N3O7/c1-26-5-2-6-28(21-26)23-45(31-14-15-31)39(47)34-24-44(40(48)53-32-9-3-7-29(22-32)25-52-46(49)50)19-18-33(34)30-12-10-27(11-13-30)8-4-20-51-38-36(42)17-16-35(41)37(38)43/h2-3,5-7,9-13,16-18,21-22,31,34H,4,8,14-15,19-20,23-25H2,1H3. The average molecular weight is 730 g/mol. The summed E-state index contributed by atoms with van der Waals surface area (Å²) in [5, 5.41) is 9.73. The van der Waals surface area contributed by atoms with Gasteiger partial charge < -0.3 is 24.1 Å². The molecule has 0 N–H and O–H groups in total. The van der Waals surface area contributed by atoms with E-state index in [1.807, 2.05) is 60.4 Å². The normalized spacial score (nSPS) is 15.4. The molecule has 0 radical (unpaired) electrons. The molecular weight excluding hydrogens is 691 g/mol. The Morgan fingerprint density at radius 2 is 1.66 bits per heavy atom. The molecule has 1 fully saturated rings. The second-order valence-corrected chi connectivity index (χ2v) is 13.1. The monoisotopic (exact) mass is 729 g/mol. The number of aryl methyl sites for hydroxylation is 2. The third-order valence-electron chi connectivity index (χ3n) is 9.16. The molecule has 1 aliphatic heterocycles. The van der Waals surface area contributed by atoms with Crippen LogP contribution in [0.3, 0.4) is 0 Å². The first-order valence-electron chi connectivity index (χ1n) is 17.3. The molecule has 2 aliphatic rings. The number of carbonyl (C=O) groups is 2. The van der Waals surface area contributed by atoms with E-state index in [0.717, 1.165) is 46.7 Å². The summed E-state index contributed by atoms with van der Waals surface area (Å²) < 4.78 is 52.2. The Kier molecular flexibility index (Phi) is 11.6. The number of benzene rings is 4. The number of hydrogen-bond donors (Lipinski definition) is 0. The summed E-state index contributed by atoms with van der Waals surface area (Å²) in [4.78, 5) is 46.4. The molecule has 1 heterocycles. The summed E-state index contributed by atoms with van der Waals surface area (Å²) in [7, 11) is 0. The van der Waals surface area contributed by atoms with Crippen molar-refractivity contribution in [2.24, 2.45) is 5.92 Å². The van der Waals surface area contributed by atoms with Gasteiger partial charge in [0, 0.05) is 25.7 Å². The highest BCUT2D eigenvalue weighted by molar-refractivity contribution is 5.94. The lowest BCUT2D eigenvalue weighted by Crippen LogP contribution is -2.47. The van der Waals surface area contributed by atoms with Gasteiger partial charge in [-0.15, -0.1) is 10.1 Å². The van der Waals surface area contributed by atoms with E-state index in [1.54, 1.807) is 18.2 Å². The molecule has 0 spiro atoms. The number of hydrogen-bond acceptors (Lipinski definition) is 7. The van der Waals surface area contributed by atoms with Crippen LogP contribution in [-0.2, 0) is 29.2 Å². The van der Waals surface area contributed by atoms with Gasteiger partial charge in [-0.1, -0.05) is 72.3 Å². The van der Waals surface area contributed by atoms with Crippen LogP contribution in [0, 0.1) is 40.4 Å². The molecule has 6 rings (SSSR count). The first-order chi connectivity index (χ1) is 25.5. The summed E-state index contributed by atoms with van der Waals surface area (Å²) in [6.45, 7) is 2.35. The molecule has 1 unspecified atom stereocenters. The highest BCUT2D eigenvalue weighted by Gasteiger charge is 2.40. The second-order valence-electron chi connectivity index (χ2n) is 13.1.